The van der Waals surface area contributed by atoms with Crippen LogP contribution in [-0.4, -0.2) is 123 Å². The summed E-state index contributed by atoms with van der Waals surface area (Å²) in [6.07, 6.45) is 12.1. The molecule has 0 radical (unpaired) electrons. The molecule has 2 aromatic heterocycles. The highest BCUT2D eigenvalue weighted by molar-refractivity contribution is 14.1. The number of H-pyrrole nitrogens is 1. The van der Waals surface area contributed by atoms with Gasteiger partial charge in [0.1, 0.15) is 17.3 Å². The molecular weight excluding hydrogens is 1150 g/mol. The first-order valence-corrected chi connectivity index (χ1v) is 30.7. The lowest BCUT2D eigenvalue weighted by atomic mass is 9.88. The van der Waals surface area contributed by atoms with Crippen LogP contribution >= 0.6 is 22.6 Å². The number of benzene rings is 2. The first kappa shape index (κ1) is 57.3. The number of likely N-dealkylation sites (tertiary alicyclic amines) is 1. The van der Waals surface area contributed by atoms with E-state index in [1.165, 1.54) is 14.4 Å². The number of halogens is 1. The van der Waals surface area contributed by atoms with Crippen LogP contribution < -0.4 is 31.7 Å². The van der Waals surface area contributed by atoms with Crippen LogP contribution in [0.4, 0.5) is 5.69 Å². The molecule has 422 valence electrons. The maximum Gasteiger partial charge on any atom is 0.274 e. The van der Waals surface area contributed by atoms with Crippen molar-refractivity contribution in [1.29, 1.82) is 0 Å². The zero-order valence-corrected chi connectivity index (χ0v) is 48.3. The normalized spacial score (nSPS) is 18.8. The third-order valence-corrected chi connectivity index (χ3v) is 18.2. The van der Waals surface area contributed by atoms with Gasteiger partial charge in [0.15, 0.2) is 9.84 Å². The Hall–Kier alpha value is -6.43. The van der Waals surface area contributed by atoms with Crippen molar-refractivity contribution in [2.45, 2.75) is 132 Å². The molecule has 1 saturated carbocycles. The van der Waals surface area contributed by atoms with Gasteiger partial charge in [0.05, 0.1) is 11.7 Å². The molecule has 3 atom stereocenters. The number of nitrogens with zero attached hydrogens (tertiary/aromatic N) is 4. The van der Waals surface area contributed by atoms with Crippen LogP contribution in [-0.2, 0) is 66.1 Å². The fourth-order valence-electron chi connectivity index (χ4n) is 11.7. The molecule has 79 heavy (non-hydrogen) atoms. The van der Waals surface area contributed by atoms with E-state index >= 15 is 0 Å². The van der Waals surface area contributed by atoms with Crippen LogP contribution in [0, 0.1) is 11.8 Å². The molecule has 9 rings (SSSR count). The van der Waals surface area contributed by atoms with E-state index in [0.29, 0.717) is 65.1 Å². The van der Waals surface area contributed by atoms with Gasteiger partial charge < -0.3 is 35.3 Å². The van der Waals surface area contributed by atoms with Crippen molar-refractivity contribution in [1.82, 2.24) is 40.6 Å². The predicted octanol–water partition coefficient (Wildman–Crippen LogP) is 5.10. The van der Waals surface area contributed by atoms with Gasteiger partial charge in [-0.05, 0) is 92.7 Å². The zero-order valence-electron chi connectivity index (χ0n) is 45.3. The van der Waals surface area contributed by atoms with E-state index in [4.69, 9.17) is 0 Å². The van der Waals surface area contributed by atoms with E-state index in [1.807, 2.05) is 19.1 Å². The van der Waals surface area contributed by atoms with Crippen LogP contribution in [0.25, 0.3) is 22.0 Å². The minimum absolute atomic E-state index is 0.0267. The van der Waals surface area contributed by atoms with Gasteiger partial charge >= 0.3 is 0 Å². The summed E-state index contributed by atoms with van der Waals surface area (Å²) < 4.78 is 27.2. The quantitative estimate of drug-likeness (QED) is 0.0266. The number of amides is 8. The highest BCUT2D eigenvalue weighted by Crippen LogP contribution is 2.45. The summed E-state index contributed by atoms with van der Waals surface area (Å²) >= 11 is 2.30. The van der Waals surface area contributed by atoms with Crippen molar-refractivity contribution >= 4 is 96.3 Å². The molecule has 1 aliphatic carbocycles. The number of unbranched alkanes of at least 4 members (excludes halogenated alkanes) is 4. The number of alkyl halides is 1. The molecule has 2 aromatic carbocycles. The molecule has 8 amide bonds. The van der Waals surface area contributed by atoms with Gasteiger partial charge in [-0.15, -0.1) is 0 Å². The Labute approximate surface area is 473 Å². The van der Waals surface area contributed by atoms with E-state index in [9.17, 15) is 51.6 Å². The molecule has 2 saturated heterocycles. The Morgan fingerprint density at radius 2 is 1.61 bits per heavy atom. The van der Waals surface area contributed by atoms with Gasteiger partial charge in [0.25, 0.3) is 23.3 Å². The number of aromatic amines is 1. The Morgan fingerprint density at radius 1 is 0.848 bits per heavy atom. The lowest BCUT2D eigenvalue weighted by Gasteiger charge is -2.29. The van der Waals surface area contributed by atoms with E-state index < -0.39 is 45.3 Å². The SMILES string of the molecule is CCCCCCC(C)(I)C1CC(=O)N(CCC(=O)NCCNC(=O)c2[nH]c3c(=O)n(C)cc4c3c2CN(CC2CC2)c2cc(C(=O)NCCCCc3cccc5c3CN(C3CCC(=O)NC3=O)C5=O)c(CS(C)(=O)=O)cc2-4)C1=O. The lowest BCUT2D eigenvalue weighted by molar-refractivity contribution is -0.140. The topological polar surface area (TPSA) is 266 Å². The summed E-state index contributed by atoms with van der Waals surface area (Å²) in [5.41, 5.74) is 5.13. The Kier molecular flexibility index (Phi) is 17.2. The molecule has 5 aliphatic rings. The van der Waals surface area contributed by atoms with Gasteiger partial charge in [-0.2, -0.15) is 0 Å². The van der Waals surface area contributed by atoms with E-state index in [2.05, 4.69) is 60.7 Å². The second-order valence-corrected chi connectivity index (χ2v) is 26.9. The number of fused-ring (bicyclic) bond motifs is 3. The predicted molar refractivity (Wildman–Crippen MR) is 305 cm³/mol. The first-order chi connectivity index (χ1) is 37.6. The van der Waals surface area contributed by atoms with E-state index in [-0.39, 0.29) is 126 Å². The summed E-state index contributed by atoms with van der Waals surface area (Å²) in [6, 6.07) is 8.23. The second kappa shape index (κ2) is 23.7. The molecule has 3 fully saturated rings. The number of hydrogen-bond acceptors (Lipinski definition) is 12. The number of anilines is 1. The largest absolute Gasteiger partial charge is 0.366 e. The number of aromatic nitrogens is 2. The summed E-state index contributed by atoms with van der Waals surface area (Å²) in [5.74, 6) is -3.51. The van der Waals surface area contributed by atoms with Gasteiger partial charge in [-0.25, -0.2) is 8.42 Å². The van der Waals surface area contributed by atoms with E-state index in [1.54, 1.807) is 31.4 Å². The number of piperidine rings is 1. The Bertz CT molecular complexity index is 3330. The molecule has 22 heteroatoms. The third kappa shape index (κ3) is 12.6. The zero-order chi connectivity index (χ0) is 56.5. The van der Waals surface area contributed by atoms with Gasteiger partial charge in [-0.3, -0.25) is 53.4 Å². The summed E-state index contributed by atoms with van der Waals surface area (Å²) in [5, 5.41) is 11.5. The number of hydrogen-bond donors (Lipinski definition) is 5. The molecule has 4 aromatic rings. The van der Waals surface area contributed by atoms with Gasteiger partial charge in [-0.1, -0.05) is 67.3 Å². The van der Waals surface area contributed by atoms with Crippen LogP contribution in [0.15, 0.2) is 41.3 Å². The summed E-state index contributed by atoms with van der Waals surface area (Å²) in [6.45, 7) is 5.48. The Morgan fingerprint density at radius 3 is 2.34 bits per heavy atom. The second-order valence-electron chi connectivity index (χ2n) is 22.2. The molecular formula is C57H70IN9O11S. The van der Waals surface area contributed by atoms with Crippen LogP contribution in [0.2, 0.25) is 0 Å². The summed E-state index contributed by atoms with van der Waals surface area (Å²) in [4.78, 5) is 127. The average Bonchev–Trinajstić information content (AvgIpc) is 4.22. The van der Waals surface area contributed by atoms with Gasteiger partial charge in [0.2, 0.25) is 29.5 Å². The first-order valence-electron chi connectivity index (χ1n) is 27.6. The fraction of sp³-hybridized carbons (Fsp3) is 0.526. The maximum absolute atomic E-state index is 14.3. The highest BCUT2D eigenvalue weighted by atomic mass is 127. The van der Waals surface area contributed by atoms with Crippen LogP contribution in [0.3, 0.4) is 0 Å². The molecule has 0 spiro atoms. The van der Waals surface area contributed by atoms with Crippen molar-refractivity contribution in [2.75, 3.05) is 43.9 Å². The molecule has 5 N–H and O–H groups in total. The monoisotopic (exact) mass is 1220 g/mol. The number of imide groups is 2. The molecule has 3 unspecified atom stereocenters. The minimum atomic E-state index is -3.68. The third-order valence-electron chi connectivity index (χ3n) is 16.1. The van der Waals surface area contributed by atoms with Crippen molar-refractivity contribution in [2.24, 2.45) is 18.9 Å². The molecule has 0 bridgehead atoms. The Balaban J connectivity index is 0.868. The standard InChI is InChI=1S/C57H70IN9O11S/c1-5-6-7-9-20-57(2,58)42-27-47(70)66(55(42)75)24-19-45(68)59-22-23-61-53(73)49-41-30-65(28-33-15-16-33)44-26-37(35(32-79(4,77)78)25-38(44)40-29-64(3)56(76)50(63-49)48(40)41)51(71)60-21-10-8-12-34-13-11-14-36-39(34)31-67(54(36)74)43-17-18-46(69)62-52(43)72/h11,13-14,25-26,29,33,42-43,63H,5-10,12,15-24,27-28,30-32H2,1-4H3,(H,59,68)(H,60,71)(H,61,73)(H,62,69,72). The number of sulfone groups is 1. The lowest BCUT2D eigenvalue weighted by Crippen LogP contribution is -2.52. The summed E-state index contributed by atoms with van der Waals surface area (Å²) in [7, 11) is -2.08. The fourth-order valence-corrected chi connectivity index (χ4v) is 13.3. The number of nitrogens with one attached hydrogen (secondary N) is 5. The van der Waals surface area contributed by atoms with E-state index in [0.717, 1.165) is 62.3 Å². The molecule has 4 aliphatic heterocycles. The number of pyridine rings is 1. The number of rotatable bonds is 24. The molecule has 20 nitrogen and oxygen atoms in total. The van der Waals surface area contributed by atoms with Gasteiger partial charge in [0, 0.05) is 127 Å². The van der Waals surface area contributed by atoms with Crippen LogP contribution in [0.1, 0.15) is 151 Å². The maximum atomic E-state index is 14.3. The minimum Gasteiger partial charge on any atom is -0.366 e. The molecule has 6 heterocycles. The highest BCUT2D eigenvalue weighted by Gasteiger charge is 2.47. The van der Waals surface area contributed by atoms with Crippen molar-refractivity contribution in [3.63, 3.8) is 0 Å². The van der Waals surface area contributed by atoms with Crippen molar-refractivity contribution in [3.05, 3.63) is 86.0 Å². The number of aryl methyl sites for hydroxylation is 2. The van der Waals surface area contributed by atoms with Crippen molar-refractivity contribution < 1.29 is 46.8 Å². The number of carbonyl (C=O) groups is 8. The van der Waals surface area contributed by atoms with Crippen LogP contribution in [0.5, 0.6) is 0 Å². The van der Waals surface area contributed by atoms with Crippen molar-refractivity contribution in [3.8, 4) is 11.1 Å². The average molecular weight is 1220 g/mol. The smallest absolute Gasteiger partial charge is 0.274 e. The number of carbonyl (C=O) groups excluding carboxylic acids is 8.